The second-order valence-electron chi connectivity index (χ2n) is 10.1. The molecule has 0 radical (unpaired) electrons. The average molecular weight is 523 g/mol. The van der Waals surface area contributed by atoms with Crippen molar-refractivity contribution in [3.8, 4) is 28.3 Å². The number of ether oxygens (including phenoxy) is 1. The Kier molecular flexibility index (Phi) is 7.77. The standard InChI is InChI=1S/C32H34N4O3/c1-5-8-30-33-22(4)29(25-15-17-26(18-16-25)38-21(2)3)20-36(30)19-23-11-13-24(14-12-23)27-9-6-7-10-28(27)31-34-32(37)39-35-31/h6-7,9-18,21H,5,8,19-20H2,1-4H3,(H,34,35,37). The van der Waals surface area contributed by atoms with Crippen molar-refractivity contribution in [1.29, 1.82) is 0 Å². The Bertz CT molecular complexity index is 1540. The number of allylic oxidation sites excluding steroid dienone is 1. The molecule has 0 bridgehead atoms. The van der Waals surface area contributed by atoms with Gasteiger partial charge in [-0.15, -0.1) is 0 Å². The SMILES string of the molecule is CCCC1=NC(C)=C(c2ccc(OC(C)C)cc2)CN1Cc1ccc(-c2ccccc2-c2noc(=O)[nH]2)cc1. The van der Waals surface area contributed by atoms with Crippen LogP contribution in [-0.4, -0.2) is 33.5 Å². The average Bonchev–Trinajstić information content (AvgIpc) is 3.37. The van der Waals surface area contributed by atoms with Gasteiger partial charge in [0.25, 0.3) is 0 Å². The molecule has 0 atom stereocenters. The number of H-pyrrole nitrogens is 1. The zero-order valence-electron chi connectivity index (χ0n) is 22.9. The molecule has 1 N–H and O–H groups in total. The van der Waals surface area contributed by atoms with Gasteiger partial charge in [-0.05, 0) is 67.2 Å². The van der Waals surface area contributed by atoms with E-state index in [9.17, 15) is 4.79 Å². The van der Waals surface area contributed by atoms with Crippen molar-refractivity contribution in [3.63, 3.8) is 0 Å². The lowest BCUT2D eigenvalue weighted by Gasteiger charge is -2.32. The van der Waals surface area contributed by atoms with E-state index in [0.717, 1.165) is 59.9 Å². The van der Waals surface area contributed by atoms with Crippen molar-refractivity contribution in [2.24, 2.45) is 4.99 Å². The number of rotatable bonds is 9. The molecule has 7 nitrogen and oxygen atoms in total. The van der Waals surface area contributed by atoms with E-state index in [2.05, 4.69) is 65.3 Å². The molecule has 1 aromatic heterocycles. The normalized spacial score (nSPS) is 13.7. The number of amidine groups is 1. The van der Waals surface area contributed by atoms with Crippen molar-refractivity contribution in [2.45, 2.75) is 53.2 Å². The van der Waals surface area contributed by atoms with Crippen LogP contribution < -0.4 is 10.5 Å². The van der Waals surface area contributed by atoms with E-state index in [1.54, 1.807) is 0 Å². The van der Waals surface area contributed by atoms with E-state index in [1.807, 2.05) is 50.2 Å². The van der Waals surface area contributed by atoms with Crippen LogP contribution in [0, 0.1) is 0 Å². The van der Waals surface area contributed by atoms with Crippen molar-refractivity contribution in [1.82, 2.24) is 15.0 Å². The summed E-state index contributed by atoms with van der Waals surface area (Å²) in [5, 5.41) is 3.87. The minimum absolute atomic E-state index is 0.148. The molecule has 0 fully saturated rings. The third kappa shape index (κ3) is 6.03. The molecule has 4 aromatic rings. The minimum atomic E-state index is -0.565. The minimum Gasteiger partial charge on any atom is -0.491 e. The second kappa shape index (κ2) is 11.6. The second-order valence-corrected chi connectivity index (χ2v) is 10.1. The molecule has 2 heterocycles. The van der Waals surface area contributed by atoms with E-state index in [1.165, 1.54) is 16.7 Å². The van der Waals surface area contributed by atoms with Crippen LogP contribution in [0.15, 0.2) is 92.8 Å². The highest BCUT2D eigenvalue weighted by atomic mass is 16.5. The maximum Gasteiger partial charge on any atom is 0.439 e. The lowest BCUT2D eigenvalue weighted by atomic mass is 9.97. The quantitative estimate of drug-likeness (QED) is 0.258. The first-order chi connectivity index (χ1) is 18.9. The van der Waals surface area contributed by atoms with E-state index < -0.39 is 5.76 Å². The smallest absolute Gasteiger partial charge is 0.439 e. The Labute approximate surface area is 228 Å². The highest BCUT2D eigenvalue weighted by Gasteiger charge is 2.21. The maximum absolute atomic E-state index is 11.5. The molecule has 3 aromatic carbocycles. The lowest BCUT2D eigenvalue weighted by Crippen LogP contribution is -2.34. The molecular weight excluding hydrogens is 488 g/mol. The summed E-state index contributed by atoms with van der Waals surface area (Å²) in [6.07, 6.45) is 2.13. The van der Waals surface area contributed by atoms with Gasteiger partial charge >= 0.3 is 5.76 Å². The molecule has 200 valence electrons. The van der Waals surface area contributed by atoms with Crippen molar-refractivity contribution in [2.75, 3.05) is 6.54 Å². The van der Waals surface area contributed by atoms with E-state index in [4.69, 9.17) is 14.3 Å². The first-order valence-corrected chi connectivity index (χ1v) is 13.5. The fourth-order valence-electron chi connectivity index (χ4n) is 4.92. The van der Waals surface area contributed by atoms with Gasteiger partial charge in [0, 0.05) is 30.8 Å². The molecule has 0 aliphatic carbocycles. The molecule has 5 rings (SSSR count). The van der Waals surface area contributed by atoms with Crippen LogP contribution in [0.2, 0.25) is 0 Å². The lowest BCUT2D eigenvalue weighted by molar-refractivity contribution is 0.242. The number of nitrogens with zero attached hydrogens (tertiary/aromatic N) is 3. The number of hydrogen-bond acceptors (Lipinski definition) is 6. The Morgan fingerprint density at radius 3 is 2.31 bits per heavy atom. The van der Waals surface area contributed by atoms with Crippen molar-refractivity contribution in [3.05, 3.63) is 100 Å². The molecule has 0 amide bonds. The predicted octanol–water partition coefficient (Wildman–Crippen LogP) is 6.93. The first kappa shape index (κ1) is 26.2. The predicted molar refractivity (Wildman–Crippen MR) is 156 cm³/mol. The van der Waals surface area contributed by atoms with Crippen LogP contribution in [0.25, 0.3) is 28.1 Å². The summed E-state index contributed by atoms with van der Waals surface area (Å²) < 4.78 is 10.6. The van der Waals surface area contributed by atoms with Gasteiger partial charge < -0.3 is 9.64 Å². The summed E-state index contributed by atoms with van der Waals surface area (Å²) in [4.78, 5) is 21.6. The van der Waals surface area contributed by atoms with Crippen LogP contribution >= 0.6 is 0 Å². The Hall–Kier alpha value is -4.39. The highest BCUT2D eigenvalue weighted by Crippen LogP contribution is 2.31. The van der Waals surface area contributed by atoms with Crippen molar-refractivity contribution >= 4 is 11.4 Å². The Morgan fingerprint density at radius 1 is 0.974 bits per heavy atom. The number of aromatic amines is 1. The van der Waals surface area contributed by atoms with Gasteiger partial charge in [-0.3, -0.25) is 9.51 Å². The molecule has 39 heavy (non-hydrogen) atoms. The van der Waals surface area contributed by atoms with Gasteiger partial charge in [0.1, 0.15) is 11.6 Å². The van der Waals surface area contributed by atoms with Crippen LogP contribution in [0.3, 0.4) is 0 Å². The zero-order chi connectivity index (χ0) is 27.4. The molecule has 1 aliphatic heterocycles. The molecule has 7 heteroatoms. The van der Waals surface area contributed by atoms with Crippen molar-refractivity contribution < 1.29 is 9.26 Å². The monoisotopic (exact) mass is 522 g/mol. The topological polar surface area (TPSA) is 83.7 Å². The summed E-state index contributed by atoms with van der Waals surface area (Å²) >= 11 is 0. The van der Waals surface area contributed by atoms with Crippen LogP contribution in [0.5, 0.6) is 5.75 Å². The largest absolute Gasteiger partial charge is 0.491 e. The van der Waals surface area contributed by atoms with Gasteiger partial charge in [0.2, 0.25) is 0 Å². The van der Waals surface area contributed by atoms with E-state index in [-0.39, 0.29) is 6.10 Å². The Balaban J connectivity index is 1.37. The van der Waals surface area contributed by atoms with E-state index in [0.29, 0.717) is 5.82 Å². The number of hydrogen-bond donors (Lipinski definition) is 1. The summed E-state index contributed by atoms with van der Waals surface area (Å²) in [5.41, 5.74) is 7.52. The maximum atomic E-state index is 11.5. The molecular formula is C32H34N4O3. The third-order valence-electron chi connectivity index (χ3n) is 6.76. The number of aliphatic imine (C=N–C) groups is 1. The summed E-state index contributed by atoms with van der Waals surface area (Å²) in [6, 6.07) is 24.7. The first-order valence-electron chi connectivity index (χ1n) is 13.5. The number of nitrogens with one attached hydrogen (secondary N) is 1. The number of aromatic nitrogens is 2. The molecule has 0 saturated carbocycles. The summed E-state index contributed by atoms with van der Waals surface area (Å²) in [5.74, 6) is 1.87. The number of benzene rings is 3. The van der Waals surface area contributed by atoms with E-state index >= 15 is 0 Å². The third-order valence-corrected chi connectivity index (χ3v) is 6.76. The van der Waals surface area contributed by atoms with Crippen LogP contribution in [-0.2, 0) is 6.54 Å². The van der Waals surface area contributed by atoms with Gasteiger partial charge in [-0.2, -0.15) is 0 Å². The fraction of sp³-hybridized carbons (Fsp3) is 0.281. The Morgan fingerprint density at radius 2 is 1.67 bits per heavy atom. The fourth-order valence-corrected chi connectivity index (χ4v) is 4.92. The molecule has 0 spiro atoms. The van der Waals surface area contributed by atoms with Gasteiger partial charge in [0.15, 0.2) is 5.82 Å². The van der Waals surface area contributed by atoms with Crippen LogP contribution in [0.1, 0.15) is 51.7 Å². The highest BCUT2D eigenvalue weighted by molar-refractivity contribution is 5.89. The van der Waals surface area contributed by atoms with Gasteiger partial charge in [-0.1, -0.05) is 72.7 Å². The summed E-state index contributed by atoms with van der Waals surface area (Å²) in [7, 11) is 0. The van der Waals surface area contributed by atoms with Crippen LogP contribution in [0.4, 0.5) is 0 Å². The summed E-state index contributed by atoms with van der Waals surface area (Å²) in [6.45, 7) is 9.94. The zero-order valence-corrected chi connectivity index (χ0v) is 22.9. The molecule has 0 saturated heterocycles. The van der Waals surface area contributed by atoms with Gasteiger partial charge in [-0.25, -0.2) is 9.79 Å². The van der Waals surface area contributed by atoms with Gasteiger partial charge in [0.05, 0.1) is 6.10 Å². The molecule has 1 aliphatic rings. The molecule has 0 unspecified atom stereocenters.